The van der Waals surface area contributed by atoms with Crippen LogP contribution in [-0.2, 0) is 11.2 Å². The van der Waals surface area contributed by atoms with Crippen molar-refractivity contribution in [3.05, 3.63) is 60.7 Å². The molecule has 8 heteroatoms. The molecule has 0 spiro atoms. The van der Waals surface area contributed by atoms with Crippen LogP contribution in [0.1, 0.15) is 5.69 Å². The number of carboxylic acids is 1. The van der Waals surface area contributed by atoms with Gasteiger partial charge in [-0.3, -0.25) is 14.8 Å². The van der Waals surface area contributed by atoms with Crippen molar-refractivity contribution in [2.24, 2.45) is 0 Å². The average molecular weight is 350 g/mol. The Kier molecular flexibility index (Phi) is 5.66. The van der Waals surface area contributed by atoms with Gasteiger partial charge in [0.15, 0.2) is 0 Å². The van der Waals surface area contributed by atoms with Gasteiger partial charge in [0.2, 0.25) is 5.95 Å². The van der Waals surface area contributed by atoms with Crippen LogP contribution < -0.4 is 10.6 Å². The van der Waals surface area contributed by atoms with Crippen LogP contribution in [0.5, 0.6) is 0 Å². The maximum absolute atomic E-state index is 10.8. The summed E-state index contributed by atoms with van der Waals surface area (Å²) < 4.78 is 0. The fourth-order valence-electron chi connectivity index (χ4n) is 2.30. The maximum atomic E-state index is 10.8. The van der Waals surface area contributed by atoms with Crippen molar-refractivity contribution in [3.63, 3.8) is 0 Å². The van der Waals surface area contributed by atoms with Gasteiger partial charge in [0.05, 0.1) is 5.69 Å². The van der Waals surface area contributed by atoms with E-state index < -0.39 is 5.97 Å². The summed E-state index contributed by atoms with van der Waals surface area (Å²) in [6.45, 7) is 0.378. The van der Waals surface area contributed by atoms with E-state index >= 15 is 0 Å². The summed E-state index contributed by atoms with van der Waals surface area (Å²) in [5, 5.41) is 14.8. The molecule has 3 aromatic rings. The minimum absolute atomic E-state index is 0.245. The molecule has 0 aliphatic heterocycles. The van der Waals surface area contributed by atoms with Crippen molar-refractivity contribution in [2.75, 3.05) is 23.7 Å². The van der Waals surface area contributed by atoms with Gasteiger partial charge in [-0.05, 0) is 24.3 Å². The van der Waals surface area contributed by atoms with Crippen molar-refractivity contribution >= 4 is 17.7 Å². The number of aliphatic carboxylic acids is 1. The second-order valence-corrected chi connectivity index (χ2v) is 5.45. The Morgan fingerprint density at radius 1 is 1.08 bits per heavy atom. The van der Waals surface area contributed by atoms with E-state index in [4.69, 9.17) is 5.11 Å². The average Bonchev–Trinajstić information content (AvgIpc) is 2.68. The van der Waals surface area contributed by atoms with E-state index in [9.17, 15) is 4.79 Å². The van der Waals surface area contributed by atoms with E-state index in [0.29, 0.717) is 18.1 Å². The molecule has 3 rings (SSSR count). The Hall–Kier alpha value is -3.55. The van der Waals surface area contributed by atoms with Crippen LogP contribution in [0.4, 0.5) is 11.8 Å². The standard InChI is InChI=1S/C18H18N6O2/c25-17(26)12-22-18-23-15(13-4-3-7-19-11-13)10-16(24-18)21-9-6-14-5-1-2-8-20-14/h1-5,7-8,10-11H,6,9,12H2,(H,25,26)(H2,21,22,23,24). The number of hydrogen-bond acceptors (Lipinski definition) is 7. The molecule has 0 amide bonds. The molecule has 8 nitrogen and oxygen atoms in total. The zero-order valence-electron chi connectivity index (χ0n) is 14.0. The first-order chi connectivity index (χ1) is 12.7. The first-order valence-electron chi connectivity index (χ1n) is 8.09. The molecule has 3 heterocycles. The Bertz CT molecular complexity index is 858. The van der Waals surface area contributed by atoms with E-state index in [-0.39, 0.29) is 12.5 Å². The van der Waals surface area contributed by atoms with Crippen molar-refractivity contribution in [2.45, 2.75) is 6.42 Å². The number of aromatic nitrogens is 4. The summed E-state index contributed by atoms with van der Waals surface area (Å²) in [7, 11) is 0. The molecule has 3 N–H and O–H groups in total. The fraction of sp³-hybridized carbons (Fsp3) is 0.167. The van der Waals surface area contributed by atoms with Gasteiger partial charge < -0.3 is 15.7 Å². The van der Waals surface area contributed by atoms with Crippen LogP contribution in [0.25, 0.3) is 11.3 Å². The lowest BCUT2D eigenvalue weighted by Crippen LogP contribution is -2.15. The van der Waals surface area contributed by atoms with Crippen LogP contribution in [0.3, 0.4) is 0 Å². The molecule has 0 saturated carbocycles. The van der Waals surface area contributed by atoms with Gasteiger partial charge in [0.1, 0.15) is 12.4 Å². The third-order valence-electron chi connectivity index (χ3n) is 3.49. The molecular formula is C18H18N6O2. The summed E-state index contributed by atoms with van der Waals surface area (Å²) in [5.41, 5.74) is 2.45. The minimum atomic E-state index is -0.981. The van der Waals surface area contributed by atoms with Crippen LogP contribution >= 0.6 is 0 Å². The highest BCUT2D eigenvalue weighted by atomic mass is 16.4. The minimum Gasteiger partial charge on any atom is -0.480 e. The molecule has 132 valence electrons. The lowest BCUT2D eigenvalue weighted by molar-refractivity contribution is -0.134. The van der Waals surface area contributed by atoms with Crippen molar-refractivity contribution in [1.82, 2.24) is 19.9 Å². The summed E-state index contributed by atoms with van der Waals surface area (Å²) >= 11 is 0. The fourth-order valence-corrected chi connectivity index (χ4v) is 2.30. The van der Waals surface area contributed by atoms with E-state index in [2.05, 4.69) is 30.6 Å². The normalized spacial score (nSPS) is 10.3. The molecule has 0 aliphatic carbocycles. The predicted octanol–water partition coefficient (Wildman–Crippen LogP) is 2.08. The van der Waals surface area contributed by atoms with Gasteiger partial charge in [-0.25, -0.2) is 4.98 Å². The van der Waals surface area contributed by atoms with Crippen molar-refractivity contribution < 1.29 is 9.90 Å². The lowest BCUT2D eigenvalue weighted by Gasteiger charge is -2.10. The predicted molar refractivity (Wildman–Crippen MR) is 97.8 cm³/mol. The zero-order chi connectivity index (χ0) is 18.2. The number of nitrogens with zero attached hydrogens (tertiary/aromatic N) is 4. The van der Waals surface area contributed by atoms with E-state index in [1.807, 2.05) is 30.3 Å². The molecule has 0 saturated heterocycles. The van der Waals surface area contributed by atoms with Crippen LogP contribution in [0.15, 0.2) is 55.0 Å². The SMILES string of the molecule is O=C(O)CNc1nc(NCCc2ccccn2)cc(-c2cccnc2)n1. The Morgan fingerprint density at radius 3 is 2.73 bits per heavy atom. The number of nitrogens with one attached hydrogen (secondary N) is 2. The molecule has 3 aromatic heterocycles. The molecule has 0 radical (unpaired) electrons. The number of rotatable bonds is 8. The van der Waals surface area contributed by atoms with Crippen LogP contribution in [0.2, 0.25) is 0 Å². The molecule has 0 aromatic carbocycles. The van der Waals surface area contributed by atoms with E-state index in [1.165, 1.54) is 0 Å². The maximum Gasteiger partial charge on any atom is 0.322 e. The highest BCUT2D eigenvalue weighted by Gasteiger charge is 2.08. The molecule has 0 aliphatic rings. The largest absolute Gasteiger partial charge is 0.480 e. The Labute approximate surface area is 150 Å². The number of carbonyl (C=O) groups is 1. The van der Waals surface area contributed by atoms with Gasteiger partial charge in [0.25, 0.3) is 0 Å². The third kappa shape index (κ3) is 4.97. The lowest BCUT2D eigenvalue weighted by atomic mass is 10.2. The number of pyridine rings is 2. The molecule has 0 unspecified atom stereocenters. The number of anilines is 2. The summed E-state index contributed by atoms with van der Waals surface area (Å²) in [6.07, 6.45) is 5.88. The number of carboxylic acid groups (broad SMARTS) is 1. The second kappa shape index (κ2) is 8.52. The highest BCUT2D eigenvalue weighted by molar-refractivity contribution is 5.72. The van der Waals surface area contributed by atoms with Crippen LogP contribution in [-0.4, -0.2) is 44.1 Å². The quantitative estimate of drug-likeness (QED) is 0.566. The summed E-state index contributed by atoms with van der Waals surface area (Å²) in [4.78, 5) is 27.9. The number of hydrogen-bond donors (Lipinski definition) is 3. The first kappa shape index (κ1) is 17.3. The van der Waals surface area contributed by atoms with Gasteiger partial charge in [-0.15, -0.1) is 0 Å². The third-order valence-corrected chi connectivity index (χ3v) is 3.49. The summed E-state index contributed by atoms with van der Waals surface area (Å²) in [5.74, 6) is -0.137. The highest BCUT2D eigenvalue weighted by Crippen LogP contribution is 2.20. The Balaban J connectivity index is 1.76. The van der Waals surface area contributed by atoms with Crippen molar-refractivity contribution in [3.8, 4) is 11.3 Å². The van der Waals surface area contributed by atoms with Gasteiger partial charge >= 0.3 is 5.97 Å². The Morgan fingerprint density at radius 2 is 2.00 bits per heavy atom. The molecule has 26 heavy (non-hydrogen) atoms. The molecule has 0 atom stereocenters. The molecule has 0 bridgehead atoms. The molecular weight excluding hydrogens is 332 g/mol. The summed E-state index contributed by atoms with van der Waals surface area (Å²) in [6, 6.07) is 11.3. The van der Waals surface area contributed by atoms with E-state index in [1.54, 1.807) is 24.7 Å². The van der Waals surface area contributed by atoms with Crippen LogP contribution in [0, 0.1) is 0 Å². The van der Waals surface area contributed by atoms with Gasteiger partial charge in [-0.1, -0.05) is 6.07 Å². The zero-order valence-corrected chi connectivity index (χ0v) is 14.0. The smallest absolute Gasteiger partial charge is 0.322 e. The van der Waals surface area contributed by atoms with Gasteiger partial charge in [-0.2, -0.15) is 4.98 Å². The second-order valence-electron chi connectivity index (χ2n) is 5.45. The van der Waals surface area contributed by atoms with Gasteiger partial charge in [0, 0.05) is 48.9 Å². The topological polar surface area (TPSA) is 113 Å². The molecule has 0 fully saturated rings. The van der Waals surface area contributed by atoms with Crippen molar-refractivity contribution in [1.29, 1.82) is 0 Å². The monoisotopic (exact) mass is 350 g/mol. The first-order valence-corrected chi connectivity index (χ1v) is 8.09. The van der Waals surface area contributed by atoms with E-state index in [0.717, 1.165) is 17.7 Å².